The van der Waals surface area contributed by atoms with E-state index in [4.69, 9.17) is 5.73 Å². The van der Waals surface area contributed by atoms with Crippen LogP contribution in [0.25, 0.3) is 0 Å². The molecular weight excluding hydrogens is 332 g/mol. The summed E-state index contributed by atoms with van der Waals surface area (Å²) in [4.78, 5) is 14.6. The van der Waals surface area contributed by atoms with Crippen molar-refractivity contribution in [2.45, 2.75) is 90.0 Å². The first-order valence-electron chi connectivity index (χ1n) is 11.0. The van der Waals surface area contributed by atoms with Crippen LogP contribution in [0.4, 0.5) is 0 Å². The summed E-state index contributed by atoms with van der Waals surface area (Å²) in [5.74, 6) is 0.0822. The lowest BCUT2D eigenvalue weighted by atomic mass is 10.0. The molecule has 0 saturated carbocycles. The lowest BCUT2D eigenvalue weighted by Crippen LogP contribution is -2.38. The van der Waals surface area contributed by atoms with Gasteiger partial charge in [-0.1, -0.05) is 77.0 Å². The molecule has 3 nitrogen and oxygen atoms in total. The zero-order valence-electron chi connectivity index (χ0n) is 17.2. The van der Waals surface area contributed by atoms with Crippen LogP contribution in [0.5, 0.6) is 0 Å². The smallest absolute Gasteiger partial charge is 0.254 e. The number of amides is 1. The number of benzene rings is 1. The zero-order valence-corrected chi connectivity index (χ0v) is 17.2. The average molecular weight is 371 g/mol. The summed E-state index contributed by atoms with van der Waals surface area (Å²) < 4.78 is 0. The molecule has 2 N–H and O–H groups in total. The Morgan fingerprint density at radius 2 is 1.63 bits per heavy atom. The Labute approximate surface area is 166 Å². The van der Waals surface area contributed by atoms with E-state index in [-0.39, 0.29) is 11.9 Å². The van der Waals surface area contributed by atoms with Crippen molar-refractivity contribution in [1.29, 1.82) is 0 Å². The molecule has 0 radical (unpaired) electrons. The fraction of sp³-hybridized carbons (Fsp3) is 0.625. The quantitative estimate of drug-likeness (QED) is 0.470. The van der Waals surface area contributed by atoms with Crippen molar-refractivity contribution in [1.82, 2.24) is 4.90 Å². The van der Waals surface area contributed by atoms with Crippen molar-refractivity contribution in [3.63, 3.8) is 0 Å². The third kappa shape index (κ3) is 7.04. The molecule has 1 saturated heterocycles. The second-order valence-corrected chi connectivity index (χ2v) is 8.01. The number of nitrogens with two attached hydrogens (primary N) is 1. The third-order valence-electron chi connectivity index (χ3n) is 5.71. The van der Waals surface area contributed by atoms with Gasteiger partial charge < -0.3 is 10.6 Å². The Bertz CT molecular complexity index is 579. The molecule has 1 aromatic carbocycles. The predicted octanol–water partition coefficient (Wildman–Crippen LogP) is 5.84. The Kier molecular flexibility index (Phi) is 9.44. The van der Waals surface area contributed by atoms with Crippen molar-refractivity contribution in [2.24, 2.45) is 5.73 Å². The van der Waals surface area contributed by atoms with E-state index in [2.05, 4.69) is 25.6 Å². The monoisotopic (exact) mass is 370 g/mol. The van der Waals surface area contributed by atoms with Crippen LogP contribution in [0.1, 0.15) is 93.5 Å². The third-order valence-corrected chi connectivity index (χ3v) is 5.71. The minimum atomic E-state index is -0.000788. The molecule has 1 heterocycles. The Morgan fingerprint density at radius 3 is 2.22 bits per heavy atom. The van der Waals surface area contributed by atoms with E-state index in [0.717, 1.165) is 31.4 Å². The van der Waals surface area contributed by atoms with E-state index < -0.39 is 0 Å². The van der Waals surface area contributed by atoms with E-state index >= 15 is 0 Å². The summed E-state index contributed by atoms with van der Waals surface area (Å²) in [6, 6.07) is 8.17. The number of nitrogens with zero attached hydrogens (tertiary/aromatic N) is 1. The fourth-order valence-electron chi connectivity index (χ4n) is 4.01. The van der Waals surface area contributed by atoms with Gasteiger partial charge in [0.05, 0.1) is 6.04 Å². The topological polar surface area (TPSA) is 46.3 Å². The van der Waals surface area contributed by atoms with Crippen LogP contribution in [0.3, 0.4) is 0 Å². The van der Waals surface area contributed by atoms with Gasteiger partial charge >= 0.3 is 0 Å². The molecule has 1 amide bonds. The van der Waals surface area contributed by atoms with Gasteiger partial charge in [0, 0.05) is 17.8 Å². The average Bonchev–Trinajstić information content (AvgIpc) is 3.17. The number of aryl methyl sites for hydroxylation is 1. The van der Waals surface area contributed by atoms with E-state index in [0.29, 0.717) is 5.70 Å². The highest BCUT2D eigenvalue weighted by Crippen LogP contribution is 2.23. The minimum Gasteiger partial charge on any atom is -0.401 e. The number of carbonyl (C=O) groups is 1. The number of hydrogen-bond acceptors (Lipinski definition) is 2. The molecule has 1 fully saturated rings. The molecule has 150 valence electrons. The Balaban J connectivity index is 1.68. The van der Waals surface area contributed by atoms with Gasteiger partial charge in [-0.05, 0) is 43.4 Å². The van der Waals surface area contributed by atoms with E-state index in [1.807, 2.05) is 17.0 Å². The Hall–Kier alpha value is -1.77. The lowest BCUT2D eigenvalue weighted by Gasteiger charge is -2.24. The highest BCUT2D eigenvalue weighted by atomic mass is 16.2. The van der Waals surface area contributed by atoms with Crippen molar-refractivity contribution < 1.29 is 4.79 Å². The largest absolute Gasteiger partial charge is 0.401 e. The first kappa shape index (κ1) is 21.5. The predicted molar refractivity (Wildman–Crippen MR) is 115 cm³/mol. The van der Waals surface area contributed by atoms with E-state index in [1.165, 1.54) is 63.4 Å². The number of unbranched alkanes of at least 4 members (excludes halogenated alkanes) is 8. The summed E-state index contributed by atoms with van der Waals surface area (Å²) >= 11 is 0. The minimum absolute atomic E-state index is 0.000788. The second-order valence-electron chi connectivity index (χ2n) is 8.01. The van der Waals surface area contributed by atoms with Crippen molar-refractivity contribution in [2.75, 3.05) is 6.54 Å². The molecule has 1 unspecified atom stereocenters. The SMILES string of the molecule is C=C(N)C1CCCN1C(=O)c1ccc(CCCCCCCCCCC)cc1. The first-order valence-corrected chi connectivity index (χ1v) is 11.0. The summed E-state index contributed by atoms with van der Waals surface area (Å²) in [5, 5.41) is 0. The number of likely N-dealkylation sites (tertiary alicyclic amines) is 1. The maximum atomic E-state index is 12.7. The number of carbonyl (C=O) groups excluding carboxylic acids is 1. The highest BCUT2D eigenvalue weighted by molar-refractivity contribution is 5.94. The van der Waals surface area contributed by atoms with Crippen molar-refractivity contribution in [3.8, 4) is 0 Å². The Morgan fingerprint density at radius 1 is 1.04 bits per heavy atom. The van der Waals surface area contributed by atoms with Gasteiger partial charge in [-0.15, -0.1) is 0 Å². The van der Waals surface area contributed by atoms with Gasteiger partial charge in [0.15, 0.2) is 0 Å². The fourth-order valence-corrected chi connectivity index (χ4v) is 4.01. The molecular formula is C24H38N2O. The summed E-state index contributed by atoms with van der Waals surface area (Å²) in [7, 11) is 0. The van der Waals surface area contributed by atoms with E-state index in [9.17, 15) is 4.79 Å². The van der Waals surface area contributed by atoms with E-state index in [1.54, 1.807) is 0 Å². The molecule has 1 aliphatic heterocycles. The molecule has 3 heteroatoms. The summed E-state index contributed by atoms with van der Waals surface area (Å²) in [5.41, 5.74) is 8.55. The van der Waals surface area contributed by atoms with Crippen LogP contribution in [0.2, 0.25) is 0 Å². The molecule has 1 aromatic rings. The standard InChI is InChI=1S/C24H38N2O/c1-3-4-5-6-7-8-9-10-11-13-21-15-17-22(18-16-21)24(27)26-19-12-14-23(26)20(2)25/h15-18,23H,2-14,19,25H2,1H3. The second kappa shape index (κ2) is 11.8. The molecule has 27 heavy (non-hydrogen) atoms. The van der Waals surface area contributed by atoms with Crippen LogP contribution in [0, 0.1) is 0 Å². The highest BCUT2D eigenvalue weighted by Gasteiger charge is 2.30. The van der Waals surface area contributed by atoms with Crippen LogP contribution < -0.4 is 5.73 Å². The lowest BCUT2D eigenvalue weighted by molar-refractivity contribution is 0.0755. The summed E-state index contributed by atoms with van der Waals surface area (Å²) in [6.45, 7) is 6.88. The van der Waals surface area contributed by atoms with Crippen LogP contribution in [0.15, 0.2) is 36.5 Å². The summed E-state index contributed by atoms with van der Waals surface area (Å²) in [6.07, 6.45) is 15.2. The van der Waals surface area contributed by atoms with Crippen LogP contribution >= 0.6 is 0 Å². The van der Waals surface area contributed by atoms with Crippen molar-refractivity contribution in [3.05, 3.63) is 47.7 Å². The molecule has 0 aliphatic carbocycles. The molecule has 0 aromatic heterocycles. The molecule has 1 atom stereocenters. The maximum Gasteiger partial charge on any atom is 0.254 e. The molecule has 0 spiro atoms. The first-order chi connectivity index (χ1) is 13.1. The molecule has 1 aliphatic rings. The number of hydrogen-bond donors (Lipinski definition) is 1. The maximum absolute atomic E-state index is 12.7. The van der Waals surface area contributed by atoms with Gasteiger partial charge in [-0.2, -0.15) is 0 Å². The number of rotatable bonds is 12. The van der Waals surface area contributed by atoms with Gasteiger partial charge in [-0.3, -0.25) is 4.79 Å². The van der Waals surface area contributed by atoms with Crippen molar-refractivity contribution >= 4 is 5.91 Å². The van der Waals surface area contributed by atoms with Gasteiger partial charge in [0.1, 0.15) is 0 Å². The molecule has 2 rings (SSSR count). The molecule has 0 bridgehead atoms. The van der Waals surface area contributed by atoms with Gasteiger partial charge in [0.25, 0.3) is 5.91 Å². The van der Waals surface area contributed by atoms with Gasteiger partial charge in [-0.25, -0.2) is 0 Å². The van der Waals surface area contributed by atoms with Gasteiger partial charge in [0.2, 0.25) is 0 Å². The van der Waals surface area contributed by atoms with Crippen LogP contribution in [-0.2, 0) is 6.42 Å². The normalized spacial score (nSPS) is 16.6. The zero-order chi connectivity index (χ0) is 19.5. The van der Waals surface area contributed by atoms with Crippen LogP contribution in [-0.4, -0.2) is 23.4 Å².